The van der Waals surface area contributed by atoms with Crippen LogP contribution in [0.5, 0.6) is 11.5 Å². The molecular weight excluding hydrogens is 434 g/mol. The van der Waals surface area contributed by atoms with Crippen LogP contribution >= 0.6 is 0 Å². The molecule has 1 saturated heterocycles. The van der Waals surface area contributed by atoms with Gasteiger partial charge in [-0.1, -0.05) is 12.1 Å². The van der Waals surface area contributed by atoms with Crippen molar-refractivity contribution < 1.29 is 28.9 Å². The highest BCUT2D eigenvalue weighted by molar-refractivity contribution is 6.46. The standard InChI is InChI=1S/C27H33NO6/c1-17(2)33-16-6-15-28-24(19-7-11-21(32-5)12-8-19)23(26(30)27(28)31)25(29)20-9-13-22(14-10-20)34-18(3)4/h7-14,17-18,24,29H,6,15-16H2,1-5H3/b25-23-. The number of aliphatic hydroxyl groups is 1. The Balaban J connectivity index is 1.99. The molecule has 1 amide bonds. The van der Waals surface area contributed by atoms with Crippen molar-refractivity contribution >= 4 is 17.4 Å². The molecule has 1 atom stereocenters. The maximum atomic E-state index is 13.1. The van der Waals surface area contributed by atoms with Crippen LogP contribution in [-0.4, -0.2) is 54.2 Å². The van der Waals surface area contributed by atoms with Crippen molar-refractivity contribution in [2.24, 2.45) is 0 Å². The number of carbonyl (C=O) groups excluding carboxylic acids is 2. The van der Waals surface area contributed by atoms with Crippen LogP contribution in [0.25, 0.3) is 5.76 Å². The molecule has 7 nitrogen and oxygen atoms in total. The molecule has 7 heteroatoms. The summed E-state index contributed by atoms with van der Waals surface area (Å²) in [5.74, 6) is -0.232. The zero-order valence-electron chi connectivity index (χ0n) is 20.4. The summed E-state index contributed by atoms with van der Waals surface area (Å²) < 4.78 is 16.5. The van der Waals surface area contributed by atoms with Gasteiger partial charge in [0.2, 0.25) is 0 Å². The Morgan fingerprint density at radius 3 is 2.12 bits per heavy atom. The fourth-order valence-electron chi connectivity index (χ4n) is 3.92. The number of benzene rings is 2. The van der Waals surface area contributed by atoms with Crippen LogP contribution in [0.2, 0.25) is 0 Å². The van der Waals surface area contributed by atoms with Gasteiger partial charge in [0.1, 0.15) is 17.3 Å². The van der Waals surface area contributed by atoms with Gasteiger partial charge in [-0.3, -0.25) is 9.59 Å². The number of nitrogens with zero attached hydrogens (tertiary/aromatic N) is 1. The molecule has 182 valence electrons. The summed E-state index contributed by atoms with van der Waals surface area (Å²) in [4.78, 5) is 27.6. The van der Waals surface area contributed by atoms with Crippen molar-refractivity contribution in [2.45, 2.75) is 52.4 Å². The topological polar surface area (TPSA) is 85.3 Å². The van der Waals surface area contributed by atoms with E-state index in [1.807, 2.05) is 27.7 Å². The number of likely N-dealkylation sites (tertiary alicyclic amines) is 1. The number of carbonyl (C=O) groups is 2. The molecule has 1 fully saturated rings. The van der Waals surface area contributed by atoms with Crippen LogP contribution in [0.3, 0.4) is 0 Å². The van der Waals surface area contributed by atoms with E-state index in [1.54, 1.807) is 55.6 Å². The molecule has 1 aliphatic heterocycles. The molecule has 0 spiro atoms. The number of Topliss-reactive ketones (excluding diaryl/α,β-unsaturated/α-hetero) is 1. The van der Waals surface area contributed by atoms with Crippen molar-refractivity contribution in [1.29, 1.82) is 0 Å². The summed E-state index contributed by atoms with van der Waals surface area (Å²) >= 11 is 0. The fraction of sp³-hybridized carbons (Fsp3) is 0.407. The molecule has 1 aliphatic rings. The van der Waals surface area contributed by atoms with Crippen molar-refractivity contribution in [2.75, 3.05) is 20.3 Å². The molecule has 2 aromatic rings. The number of aliphatic hydroxyl groups excluding tert-OH is 1. The van der Waals surface area contributed by atoms with E-state index in [0.717, 1.165) is 0 Å². The van der Waals surface area contributed by atoms with Gasteiger partial charge in [-0.05, 0) is 76.1 Å². The lowest BCUT2D eigenvalue weighted by atomic mass is 9.95. The van der Waals surface area contributed by atoms with E-state index in [2.05, 4.69) is 0 Å². The molecule has 34 heavy (non-hydrogen) atoms. The number of hydrogen-bond acceptors (Lipinski definition) is 6. The third kappa shape index (κ3) is 5.78. The first-order valence-electron chi connectivity index (χ1n) is 11.5. The van der Waals surface area contributed by atoms with Gasteiger partial charge < -0.3 is 24.2 Å². The minimum Gasteiger partial charge on any atom is -0.507 e. The Morgan fingerprint density at radius 2 is 1.56 bits per heavy atom. The molecule has 1 unspecified atom stereocenters. The van der Waals surface area contributed by atoms with Crippen molar-refractivity contribution in [3.8, 4) is 11.5 Å². The summed E-state index contributed by atoms with van der Waals surface area (Å²) in [7, 11) is 1.57. The number of ether oxygens (including phenoxy) is 3. The van der Waals surface area contributed by atoms with Gasteiger partial charge in [0.25, 0.3) is 11.7 Å². The number of hydrogen-bond donors (Lipinski definition) is 1. The van der Waals surface area contributed by atoms with Gasteiger partial charge >= 0.3 is 0 Å². The first-order chi connectivity index (χ1) is 16.2. The van der Waals surface area contributed by atoms with Crippen LogP contribution in [0.15, 0.2) is 54.1 Å². The first kappa shape index (κ1) is 25.3. The highest BCUT2D eigenvalue weighted by Gasteiger charge is 2.45. The highest BCUT2D eigenvalue weighted by Crippen LogP contribution is 2.40. The van der Waals surface area contributed by atoms with E-state index in [1.165, 1.54) is 4.90 Å². The van der Waals surface area contributed by atoms with Crippen LogP contribution in [0.1, 0.15) is 51.3 Å². The normalized spacial score (nSPS) is 17.6. The van der Waals surface area contributed by atoms with E-state index in [-0.39, 0.29) is 23.5 Å². The predicted molar refractivity (Wildman–Crippen MR) is 130 cm³/mol. The average molecular weight is 468 g/mol. The van der Waals surface area contributed by atoms with Gasteiger partial charge in [0.15, 0.2) is 0 Å². The zero-order chi connectivity index (χ0) is 24.8. The smallest absolute Gasteiger partial charge is 0.295 e. The summed E-state index contributed by atoms with van der Waals surface area (Å²) in [6.07, 6.45) is 0.661. The zero-order valence-corrected chi connectivity index (χ0v) is 20.4. The van der Waals surface area contributed by atoms with E-state index >= 15 is 0 Å². The molecular formula is C27H33NO6. The third-order valence-corrected chi connectivity index (χ3v) is 5.47. The lowest BCUT2D eigenvalue weighted by Crippen LogP contribution is -2.31. The molecule has 0 aliphatic carbocycles. The summed E-state index contributed by atoms with van der Waals surface area (Å²) in [5.41, 5.74) is 1.22. The number of ketones is 1. The monoisotopic (exact) mass is 467 g/mol. The summed E-state index contributed by atoms with van der Waals surface area (Å²) in [6.45, 7) is 8.54. The third-order valence-electron chi connectivity index (χ3n) is 5.47. The molecule has 0 bridgehead atoms. The largest absolute Gasteiger partial charge is 0.507 e. The van der Waals surface area contributed by atoms with Gasteiger partial charge in [0.05, 0.1) is 30.9 Å². The summed E-state index contributed by atoms with van der Waals surface area (Å²) in [5, 5.41) is 11.2. The quantitative estimate of drug-likeness (QED) is 0.236. The maximum Gasteiger partial charge on any atom is 0.295 e. The molecule has 2 aromatic carbocycles. The van der Waals surface area contributed by atoms with Crippen LogP contribution < -0.4 is 9.47 Å². The van der Waals surface area contributed by atoms with Gasteiger partial charge in [-0.25, -0.2) is 0 Å². The van der Waals surface area contributed by atoms with E-state index in [0.29, 0.717) is 42.2 Å². The second-order valence-electron chi connectivity index (χ2n) is 8.73. The van der Waals surface area contributed by atoms with Gasteiger partial charge in [-0.2, -0.15) is 0 Å². The fourth-order valence-corrected chi connectivity index (χ4v) is 3.92. The molecule has 0 aromatic heterocycles. The van der Waals surface area contributed by atoms with Crippen LogP contribution in [0.4, 0.5) is 0 Å². The Bertz CT molecular complexity index is 1020. The summed E-state index contributed by atoms with van der Waals surface area (Å²) in [6, 6.07) is 13.3. The predicted octanol–water partition coefficient (Wildman–Crippen LogP) is 4.72. The maximum absolute atomic E-state index is 13.1. The average Bonchev–Trinajstić information content (AvgIpc) is 3.06. The first-order valence-corrected chi connectivity index (χ1v) is 11.5. The van der Waals surface area contributed by atoms with Crippen molar-refractivity contribution in [1.82, 2.24) is 4.90 Å². The molecule has 3 rings (SSSR count). The van der Waals surface area contributed by atoms with E-state index in [9.17, 15) is 14.7 Å². The van der Waals surface area contributed by atoms with Crippen LogP contribution in [-0.2, 0) is 14.3 Å². The number of amides is 1. The minimum atomic E-state index is -0.712. The molecule has 0 radical (unpaired) electrons. The minimum absolute atomic E-state index is 0.0134. The Kier molecular flexibility index (Phi) is 8.34. The Hall–Kier alpha value is -3.32. The van der Waals surface area contributed by atoms with Crippen molar-refractivity contribution in [3.63, 3.8) is 0 Å². The SMILES string of the molecule is COc1ccc(C2/C(=C(/O)c3ccc(OC(C)C)cc3)C(=O)C(=O)N2CCCOC(C)C)cc1. The molecule has 1 N–H and O–H groups in total. The van der Waals surface area contributed by atoms with Gasteiger partial charge in [0, 0.05) is 18.7 Å². The van der Waals surface area contributed by atoms with E-state index < -0.39 is 17.7 Å². The Morgan fingerprint density at radius 1 is 0.941 bits per heavy atom. The second-order valence-corrected chi connectivity index (χ2v) is 8.73. The van der Waals surface area contributed by atoms with Crippen molar-refractivity contribution in [3.05, 3.63) is 65.2 Å². The van der Waals surface area contributed by atoms with E-state index in [4.69, 9.17) is 14.2 Å². The lowest BCUT2D eigenvalue weighted by Gasteiger charge is -2.25. The molecule has 1 heterocycles. The second kappa shape index (κ2) is 11.2. The molecule has 0 saturated carbocycles. The Labute approximate surface area is 200 Å². The number of methoxy groups -OCH3 is 1. The van der Waals surface area contributed by atoms with Crippen LogP contribution in [0, 0.1) is 0 Å². The highest BCUT2D eigenvalue weighted by atomic mass is 16.5. The van der Waals surface area contributed by atoms with Gasteiger partial charge in [-0.15, -0.1) is 0 Å². The lowest BCUT2D eigenvalue weighted by molar-refractivity contribution is -0.140. The number of rotatable bonds is 10.